The number of rotatable bonds is 2. The molecule has 0 radical (unpaired) electrons. The van der Waals surface area contributed by atoms with E-state index in [9.17, 15) is 4.79 Å². The Bertz CT molecular complexity index is 567. The number of nitrogens with zero attached hydrogens (tertiary/aromatic N) is 1. The van der Waals surface area contributed by atoms with E-state index in [0.29, 0.717) is 0 Å². The molecule has 4 nitrogen and oxygen atoms in total. The second-order valence-corrected chi connectivity index (χ2v) is 3.80. The summed E-state index contributed by atoms with van der Waals surface area (Å²) in [5.74, 6) is -0.474. The van der Waals surface area contributed by atoms with Gasteiger partial charge in [0, 0.05) is 24.4 Å². The SMILES string of the molecule is CC(=O)OC(C#N)C=C1NC=Cc2ccccc21. The van der Waals surface area contributed by atoms with E-state index in [-0.39, 0.29) is 0 Å². The number of carbonyl (C=O) groups excluding carboxylic acids is 1. The van der Waals surface area contributed by atoms with Gasteiger partial charge in [-0.1, -0.05) is 24.3 Å². The quantitative estimate of drug-likeness (QED) is 0.804. The van der Waals surface area contributed by atoms with Crippen molar-refractivity contribution < 1.29 is 9.53 Å². The van der Waals surface area contributed by atoms with Crippen LogP contribution in [0.2, 0.25) is 0 Å². The molecule has 1 aromatic rings. The van der Waals surface area contributed by atoms with Gasteiger partial charge in [0.25, 0.3) is 0 Å². The monoisotopic (exact) mass is 240 g/mol. The van der Waals surface area contributed by atoms with Crippen LogP contribution in [0.1, 0.15) is 18.1 Å². The third-order valence-electron chi connectivity index (χ3n) is 2.49. The van der Waals surface area contributed by atoms with Crippen LogP contribution in [0.15, 0.2) is 36.5 Å². The summed E-state index contributed by atoms with van der Waals surface area (Å²) in [7, 11) is 0. The Morgan fingerprint density at radius 2 is 2.28 bits per heavy atom. The lowest BCUT2D eigenvalue weighted by molar-refractivity contribution is -0.142. The Kier molecular flexibility index (Phi) is 3.44. The van der Waals surface area contributed by atoms with E-state index in [2.05, 4.69) is 5.32 Å². The second-order valence-electron chi connectivity index (χ2n) is 3.80. The van der Waals surface area contributed by atoms with Gasteiger partial charge in [-0.3, -0.25) is 4.79 Å². The Labute approximate surface area is 105 Å². The summed E-state index contributed by atoms with van der Waals surface area (Å²) < 4.78 is 4.88. The third-order valence-corrected chi connectivity index (χ3v) is 2.49. The van der Waals surface area contributed by atoms with Crippen LogP contribution in [0.3, 0.4) is 0 Å². The molecule has 90 valence electrons. The van der Waals surface area contributed by atoms with Gasteiger partial charge >= 0.3 is 5.97 Å². The number of esters is 1. The molecule has 0 bridgehead atoms. The molecular weight excluding hydrogens is 228 g/mol. The van der Waals surface area contributed by atoms with Gasteiger partial charge in [-0.2, -0.15) is 5.26 Å². The van der Waals surface area contributed by atoms with Crippen LogP contribution in [0.25, 0.3) is 11.8 Å². The molecule has 4 heteroatoms. The number of carbonyl (C=O) groups is 1. The molecule has 1 N–H and O–H groups in total. The highest BCUT2D eigenvalue weighted by Gasteiger charge is 2.13. The maximum Gasteiger partial charge on any atom is 0.304 e. The number of hydrogen-bond acceptors (Lipinski definition) is 4. The summed E-state index contributed by atoms with van der Waals surface area (Å²) in [6, 6.07) is 9.71. The van der Waals surface area contributed by atoms with Gasteiger partial charge in [-0.25, -0.2) is 0 Å². The van der Waals surface area contributed by atoms with Crippen molar-refractivity contribution in [3.8, 4) is 6.07 Å². The molecule has 2 rings (SSSR count). The summed E-state index contributed by atoms with van der Waals surface area (Å²) >= 11 is 0. The Morgan fingerprint density at radius 1 is 1.50 bits per heavy atom. The van der Waals surface area contributed by atoms with Gasteiger partial charge in [0.15, 0.2) is 0 Å². The Balaban J connectivity index is 2.32. The molecule has 1 atom stereocenters. The zero-order valence-electron chi connectivity index (χ0n) is 9.88. The van der Waals surface area contributed by atoms with E-state index in [4.69, 9.17) is 10.00 Å². The minimum Gasteiger partial charge on any atom is -0.443 e. The van der Waals surface area contributed by atoms with Crippen LogP contribution in [0, 0.1) is 11.3 Å². The average Bonchev–Trinajstić information content (AvgIpc) is 2.38. The minimum atomic E-state index is -0.885. The van der Waals surface area contributed by atoms with E-state index in [1.807, 2.05) is 36.4 Å². The van der Waals surface area contributed by atoms with Gasteiger partial charge in [0.1, 0.15) is 6.07 Å². The lowest BCUT2D eigenvalue weighted by atomic mass is 10.0. The summed E-state index contributed by atoms with van der Waals surface area (Å²) in [5, 5.41) is 12.0. The Morgan fingerprint density at radius 3 is 3.00 bits per heavy atom. The van der Waals surface area contributed by atoms with E-state index in [1.54, 1.807) is 12.3 Å². The highest BCUT2D eigenvalue weighted by Crippen LogP contribution is 2.22. The van der Waals surface area contributed by atoms with Crippen LogP contribution >= 0.6 is 0 Å². The van der Waals surface area contributed by atoms with Crippen LogP contribution in [-0.2, 0) is 9.53 Å². The van der Waals surface area contributed by atoms with Gasteiger partial charge in [-0.15, -0.1) is 0 Å². The number of ether oxygens (including phenoxy) is 1. The fraction of sp³-hybridized carbons (Fsp3) is 0.143. The maximum absolute atomic E-state index is 10.9. The van der Waals surface area contributed by atoms with Crippen molar-refractivity contribution in [1.82, 2.24) is 5.32 Å². The molecule has 18 heavy (non-hydrogen) atoms. The van der Waals surface area contributed by atoms with Crippen molar-refractivity contribution in [3.63, 3.8) is 0 Å². The van der Waals surface area contributed by atoms with E-state index >= 15 is 0 Å². The second kappa shape index (κ2) is 5.19. The lowest BCUT2D eigenvalue weighted by Crippen LogP contribution is -2.16. The van der Waals surface area contributed by atoms with Crippen LogP contribution in [-0.4, -0.2) is 12.1 Å². The van der Waals surface area contributed by atoms with Crippen molar-refractivity contribution in [2.75, 3.05) is 0 Å². The number of nitrogens with one attached hydrogen (secondary N) is 1. The van der Waals surface area contributed by atoms with E-state index in [0.717, 1.165) is 16.8 Å². The fourth-order valence-corrected chi connectivity index (χ4v) is 1.75. The number of hydrogen-bond donors (Lipinski definition) is 1. The van der Waals surface area contributed by atoms with Crippen LogP contribution in [0.4, 0.5) is 0 Å². The third kappa shape index (κ3) is 2.58. The summed E-state index contributed by atoms with van der Waals surface area (Å²) in [5.41, 5.74) is 2.80. The van der Waals surface area contributed by atoms with Gasteiger partial charge in [0.2, 0.25) is 6.10 Å². The summed E-state index contributed by atoms with van der Waals surface area (Å²) in [4.78, 5) is 10.9. The molecule has 0 aromatic heterocycles. The molecule has 1 aliphatic heterocycles. The zero-order valence-corrected chi connectivity index (χ0v) is 9.88. The lowest BCUT2D eigenvalue weighted by Gasteiger charge is -2.16. The number of benzene rings is 1. The molecule has 1 aliphatic rings. The number of nitriles is 1. The topological polar surface area (TPSA) is 62.1 Å². The van der Waals surface area contributed by atoms with Crippen LogP contribution in [0.5, 0.6) is 0 Å². The van der Waals surface area contributed by atoms with Gasteiger partial charge in [0.05, 0.1) is 0 Å². The largest absolute Gasteiger partial charge is 0.443 e. The maximum atomic E-state index is 10.9. The average molecular weight is 240 g/mol. The zero-order chi connectivity index (χ0) is 13.0. The molecular formula is C14H12N2O2. The van der Waals surface area contributed by atoms with Crippen molar-refractivity contribution in [1.29, 1.82) is 5.26 Å². The first kappa shape index (κ1) is 11.9. The first-order valence-corrected chi connectivity index (χ1v) is 5.52. The number of fused-ring (bicyclic) bond motifs is 1. The van der Waals surface area contributed by atoms with E-state index in [1.165, 1.54) is 6.92 Å². The van der Waals surface area contributed by atoms with Gasteiger partial charge in [-0.05, 0) is 17.7 Å². The van der Waals surface area contributed by atoms with Crippen LogP contribution < -0.4 is 5.32 Å². The molecule has 1 aromatic carbocycles. The normalized spacial score (nSPS) is 16.3. The smallest absolute Gasteiger partial charge is 0.304 e. The predicted octanol–water partition coefficient (Wildman–Crippen LogP) is 2.06. The van der Waals surface area contributed by atoms with E-state index < -0.39 is 12.1 Å². The molecule has 0 amide bonds. The molecule has 0 fully saturated rings. The summed E-state index contributed by atoms with van der Waals surface area (Å²) in [6.45, 7) is 1.28. The molecule has 1 heterocycles. The highest BCUT2D eigenvalue weighted by atomic mass is 16.5. The highest BCUT2D eigenvalue weighted by molar-refractivity contribution is 5.78. The fourth-order valence-electron chi connectivity index (χ4n) is 1.75. The first-order valence-electron chi connectivity index (χ1n) is 5.52. The Hall–Kier alpha value is -2.54. The van der Waals surface area contributed by atoms with Gasteiger partial charge < -0.3 is 10.1 Å². The molecule has 0 spiro atoms. The standard InChI is InChI=1S/C14H12N2O2/c1-10(17)18-12(9-15)8-14-13-5-3-2-4-11(13)6-7-16-14/h2-8,12,16H,1H3. The molecule has 0 aliphatic carbocycles. The predicted molar refractivity (Wildman–Crippen MR) is 67.8 cm³/mol. The molecule has 0 saturated carbocycles. The summed E-state index contributed by atoms with van der Waals surface area (Å²) in [6.07, 6.45) is 4.45. The molecule has 0 saturated heterocycles. The molecule has 1 unspecified atom stereocenters. The van der Waals surface area contributed by atoms with Crippen molar-refractivity contribution in [2.45, 2.75) is 13.0 Å². The first-order chi connectivity index (χ1) is 8.70. The van der Waals surface area contributed by atoms with Crippen molar-refractivity contribution in [2.24, 2.45) is 0 Å². The minimum absolute atomic E-state index is 0.474. The van der Waals surface area contributed by atoms with Crippen molar-refractivity contribution in [3.05, 3.63) is 47.7 Å². The van der Waals surface area contributed by atoms with Crippen molar-refractivity contribution >= 4 is 17.7 Å².